The van der Waals surface area contributed by atoms with Crippen molar-refractivity contribution in [3.63, 3.8) is 0 Å². The predicted octanol–water partition coefficient (Wildman–Crippen LogP) is 2.70. The van der Waals surface area contributed by atoms with E-state index in [2.05, 4.69) is 25.9 Å². The van der Waals surface area contributed by atoms with Crippen LogP contribution in [0, 0.1) is 0 Å². The van der Waals surface area contributed by atoms with Crippen molar-refractivity contribution in [2.24, 2.45) is 0 Å². The van der Waals surface area contributed by atoms with Gasteiger partial charge in [-0.25, -0.2) is 4.98 Å². The van der Waals surface area contributed by atoms with Crippen LogP contribution in [-0.2, 0) is 6.18 Å². The molecule has 0 saturated heterocycles. The van der Waals surface area contributed by atoms with Gasteiger partial charge in [-0.3, -0.25) is 4.79 Å². The van der Waals surface area contributed by atoms with Crippen LogP contribution in [-0.4, -0.2) is 9.97 Å². The van der Waals surface area contributed by atoms with Gasteiger partial charge in [0.15, 0.2) is 4.73 Å². The van der Waals surface area contributed by atoms with E-state index in [1.165, 1.54) is 0 Å². The SMILES string of the molecule is O=c1[nH]c(Br)nc2cc(C(F)(F)F)ccc12. The maximum atomic E-state index is 12.4. The van der Waals surface area contributed by atoms with Crippen molar-refractivity contribution < 1.29 is 13.2 Å². The quantitative estimate of drug-likeness (QED) is 0.759. The first-order valence-corrected chi connectivity index (χ1v) is 4.94. The lowest BCUT2D eigenvalue weighted by atomic mass is 10.1. The molecule has 1 N–H and O–H groups in total. The van der Waals surface area contributed by atoms with Gasteiger partial charge in [-0.05, 0) is 34.1 Å². The molecule has 1 aromatic heterocycles. The number of alkyl halides is 3. The van der Waals surface area contributed by atoms with E-state index < -0.39 is 17.3 Å². The number of fused-ring (bicyclic) bond motifs is 1. The molecule has 2 rings (SSSR count). The number of aromatic amines is 1. The third kappa shape index (κ3) is 1.95. The van der Waals surface area contributed by atoms with E-state index in [0.717, 1.165) is 18.2 Å². The van der Waals surface area contributed by atoms with Gasteiger partial charge in [0.25, 0.3) is 5.56 Å². The standard InChI is InChI=1S/C9H4BrF3N2O/c10-8-14-6-3-4(9(11,12)13)1-2-5(6)7(16)15-8/h1-3H,(H,14,15,16). The Morgan fingerprint density at radius 1 is 1.31 bits per heavy atom. The van der Waals surface area contributed by atoms with Crippen LogP contribution in [0.1, 0.15) is 5.56 Å². The molecule has 0 fully saturated rings. The first-order chi connectivity index (χ1) is 7.38. The van der Waals surface area contributed by atoms with Gasteiger partial charge in [0, 0.05) is 0 Å². The highest BCUT2D eigenvalue weighted by Gasteiger charge is 2.30. The van der Waals surface area contributed by atoms with Crippen molar-refractivity contribution in [2.75, 3.05) is 0 Å². The molecule has 84 valence electrons. The number of hydrogen-bond donors (Lipinski definition) is 1. The minimum absolute atomic E-state index is 0.00505. The second kappa shape index (κ2) is 3.58. The van der Waals surface area contributed by atoms with Crippen LogP contribution in [0.5, 0.6) is 0 Å². The fourth-order valence-corrected chi connectivity index (χ4v) is 1.66. The van der Waals surface area contributed by atoms with Crippen LogP contribution in [0.25, 0.3) is 10.9 Å². The molecule has 0 aliphatic heterocycles. The Balaban J connectivity index is 2.76. The molecule has 0 atom stereocenters. The maximum Gasteiger partial charge on any atom is 0.416 e. The molecule has 7 heteroatoms. The van der Waals surface area contributed by atoms with Gasteiger partial charge in [-0.2, -0.15) is 13.2 Å². The van der Waals surface area contributed by atoms with Crippen LogP contribution in [0.2, 0.25) is 0 Å². The average Bonchev–Trinajstić information content (AvgIpc) is 2.15. The van der Waals surface area contributed by atoms with Gasteiger partial charge in [0.05, 0.1) is 16.5 Å². The summed E-state index contributed by atoms with van der Waals surface area (Å²) in [6, 6.07) is 2.80. The summed E-state index contributed by atoms with van der Waals surface area (Å²) in [5, 5.41) is 0.121. The summed E-state index contributed by atoms with van der Waals surface area (Å²) in [7, 11) is 0. The van der Waals surface area contributed by atoms with Crippen molar-refractivity contribution in [3.8, 4) is 0 Å². The number of H-pyrrole nitrogens is 1. The first-order valence-electron chi connectivity index (χ1n) is 4.15. The van der Waals surface area contributed by atoms with Crippen LogP contribution < -0.4 is 5.56 Å². The molecular formula is C9H4BrF3N2O. The highest BCUT2D eigenvalue weighted by Crippen LogP contribution is 2.30. The molecule has 0 aliphatic rings. The number of rotatable bonds is 0. The number of hydrogen-bond acceptors (Lipinski definition) is 2. The fraction of sp³-hybridized carbons (Fsp3) is 0.111. The van der Waals surface area contributed by atoms with Crippen molar-refractivity contribution in [1.82, 2.24) is 9.97 Å². The van der Waals surface area contributed by atoms with E-state index in [-0.39, 0.29) is 15.6 Å². The van der Waals surface area contributed by atoms with Crippen molar-refractivity contribution in [3.05, 3.63) is 38.9 Å². The molecular weight excluding hydrogens is 289 g/mol. The Kier molecular flexibility index (Phi) is 2.49. The molecule has 1 aromatic carbocycles. The number of aromatic nitrogens is 2. The maximum absolute atomic E-state index is 12.4. The first kappa shape index (κ1) is 11.1. The Labute approximate surface area is 95.4 Å². The molecule has 16 heavy (non-hydrogen) atoms. The highest BCUT2D eigenvalue weighted by molar-refractivity contribution is 9.10. The minimum Gasteiger partial charge on any atom is -0.301 e. The molecule has 0 bridgehead atoms. The van der Waals surface area contributed by atoms with Gasteiger partial charge in [0.1, 0.15) is 0 Å². The smallest absolute Gasteiger partial charge is 0.301 e. The molecule has 0 spiro atoms. The molecule has 3 nitrogen and oxygen atoms in total. The Bertz CT molecular complexity index is 606. The second-order valence-electron chi connectivity index (χ2n) is 3.09. The zero-order valence-electron chi connectivity index (χ0n) is 7.60. The van der Waals surface area contributed by atoms with Crippen LogP contribution in [0.4, 0.5) is 13.2 Å². The Morgan fingerprint density at radius 2 is 2.00 bits per heavy atom. The lowest BCUT2D eigenvalue weighted by Crippen LogP contribution is -2.10. The van der Waals surface area contributed by atoms with Crippen LogP contribution in [0.3, 0.4) is 0 Å². The number of benzene rings is 1. The van der Waals surface area contributed by atoms with Crippen molar-refractivity contribution >= 4 is 26.8 Å². The Hall–Kier alpha value is -1.37. The van der Waals surface area contributed by atoms with E-state index in [0.29, 0.717) is 0 Å². The summed E-state index contributed by atoms with van der Waals surface area (Å²) in [5.41, 5.74) is -1.30. The third-order valence-corrected chi connectivity index (χ3v) is 2.38. The number of halogens is 4. The summed E-state index contributed by atoms with van der Waals surface area (Å²) in [6.45, 7) is 0. The van der Waals surface area contributed by atoms with Crippen LogP contribution >= 0.6 is 15.9 Å². The summed E-state index contributed by atoms with van der Waals surface area (Å²) in [4.78, 5) is 17.5. The zero-order chi connectivity index (χ0) is 11.9. The van der Waals surface area contributed by atoms with E-state index in [4.69, 9.17) is 0 Å². The average molecular weight is 293 g/mol. The fourth-order valence-electron chi connectivity index (χ4n) is 1.29. The van der Waals surface area contributed by atoms with Crippen molar-refractivity contribution in [2.45, 2.75) is 6.18 Å². The number of nitrogens with one attached hydrogen (secondary N) is 1. The van der Waals surface area contributed by atoms with Crippen LogP contribution in [0.15, 0.2) is 27.7 Å². The second-order valence-corrected chi connectivity index (χ2v) is 3.84. The molecule has 0 unspecified atom stereocenters. The Morgan fingerprint density at radius 3 is 2.62 bits per heavy atom. The largest absolute Gasteiger partial charge is 0.416 e. The summed E-state index contributed by atoms with van der Waals surface area (Å²) in [6.07, 6.45) is -4.44. The third-order valence-electron chi connectivity index (χ3n) is 2.00. The van der Waals surface area contributed by atoms with Crippen molar-refractivity contribution in [1.29, 1.82) is 0 Å². The molecule has 1 heterocycles. The van der Waals surface area contributed by atoms with Gasteiger partial charge < -0.3 is 4.98 Å². The van der Waals surface area contributed by atoms with E-state index in [9.17, 15) is 18.0 Å². The zero-order valence-corrected chi connectivity index (χ0v) is 9.19. The highest BCUT2D eigenvalue weighted by atomic mass is 79.9. The molecule has 0 saturated carbocycles. The monoisotopic (exact) mass is 292 g/mol. The van der Waals surface area contributed by atoms with Gasteiger partial charge in [0.2, 0.25) is 0 Å². The molecule has 0 aliphatic carbocycles. The topological polar surface area (TPSA) is 45.8 Å². The molecule has 0 radical (unpaired) electrons. The molecule has 0 amide bonds. The van der Waals surface area contributed by atoms with E-state index in [1.807, 2.05) is 0 Å². The lowest BCUT2D eigenvalue weighted by Gasteiger charge is -2.06. The predicted molar refractivity (Wildman–Crippen MR) is 55.1 cm³/mol. The summed E-state index contributed by atoms with van der Waals surface area (Å²) >= 11 is 2.91. The van der Waals surface area contributed by atoms with E-state index in [1.54, 1.807) is 0 Å². The number of nitrogens with zero attached hydrogens (tertiary/aromatic N) is 1. The molecule has 2 aromatic rings. The lowest BCUT2D eigenvalue weighted by molar-refractivity contribution is -0.137. The summed E-state index contributed by atoms with van der Waals surface area (Å²) < 4.78 is 37.3. The normalized spacial score (nSPS) is 12.0. The summed E-state index contributed by atoms with van der Waals surface area (Å²) in [5.74, 6) is 0. The minimum atomic E-state index is -4.44. The van der Waals surface area contributed by atoms with Gasteiger partial charge in [-0.15, -0.1) is 0 Å². The van der Waals surface area contributed by atoms with Gasteiger partial charge >= 0.3 is 6.18 Å². The van der Waals surface area contributed by atoms with E-state index >= 15 is 0 Å². The van der Waals surface area contributed by atoms with Gasteiger partial charge in [-0.1, -0.05) is 0 Å².